The van der Waals surface area contributed by atoms with Crippen molar-refractivity contribution >= 4 is 23.2 Å². The number of anilines is 1. The second-order valence-corrected chi connectivity index (χ2v) is 6.54. The topological polar surface area (TPSA) is 71.2 Å². The number of nitrogens with one attached hydrogen (secondary N) is 1. The summed E-state index contributed by atoms with van der Waals surface area (Å²) in [6.07, 6.45) is 5.28. The molecule has 0 saturated carbocycles. The lowest BCUT2D eigenvalue weighted by molar-refractivity contribution is 0.100. The molecule has 1 aliphatic rings. The van der Waals surface area contributed by atoms with Gasteiger partial charge in [0.05, 0.1) is 17.4 Å². The van der Waals surface area contributed by atoms with Crippen molar-refractivity contribution < 1.29 is 4.79 Å². The van der Waals surface area contributed by atoms with Crippen molar-refractivity contribution in [3.05, 3.63) is 58.9 Å². The first-order valence-corrected chi connectivity index (χ1v) is 8.47. The highest BCUT2D eigenvalue weighted by molar-refractivity contribution is 6.30. The summed E-state index contributed by atoms with van der Waals surface area (Å²) >= 11 is 5.93. The largest absolute Gasteiger partial charge is 0.380 e. The van der Waals surface area contributed by atoms with Crippen LogP contribution in [-0.4, -0.2) is 34.9 Å². The fraction of sp³-hybridized carbons (Fsp3) is 0.333. The van der Waals surface area contributed by atoms with Crippen LogP contribution in [0.3, 0.4) is 0 Å². The number of nitrogens with zero attached hydrogens (tertiary/aromatic N) is 2. The Labute approximate surface area is 146 Å². The molecule has 1 fully saturated rings. The zero-order valence-corrected chi connectivity index (χ0v) is 14.2. The predicted octanol–water partition coefficient (Wildman–Crippen LogP) is 2.91. The highest BCUT2D eigenvalue weighted by Gasteiger charge is 2.20. The summed E-state index contributed by atoms with van der Waals surface area (Å²) in [6.45, 7) is 2.95. The molecule has 2 aromatic rings. The van der Waals surface area contributed by atoms with Crippen molar-refractivity contribution in [2.45, 2.75) is 25.4 Å². The van der Waals surface area contributed by atoms with E-state index in [-0.39, 0.29) is 0 Å². The first kappa shape index (κ1) is 16.7. The summed E-state index contributed by atoms with van der Waals surface area (Å²) in [5, 5.41) is 4.18. The molecule has 6 heteroatoms. The fourth-order valence-electron chi connectivity index (χ4n) is 3.03. The van der Waals surface area contributed by atoms with E-state index in [1.165, 1.54) is 5.56 Å². The molecule has 1 aromatic carbocycles. The van der Waals surface area contributed by atoms with Crippen LogP contribution >= 0.6 is 11.6 Å². The first-order valence-electron chi connectivity index (χ1n) is 8.09. The average molecular weight is 345 g/mol. The predicted molar refractivity (Wildman–Crippen MR) is 96.1 cm³/mol. The molecule has 0 atom stereocenters. The maximum atomic E-state index is 11.5. The smallest absolute Gasteiger partial charge is 0.250 e. The van der Waals surface area contributed by atoms with Crippen molar-refractivity contribution in [2.24, 2.45) is 5.73 Å². The van der Waals surface area contributed by atoms with Crippen LogP contribution < -0.4 is 11.1 Å². The van der Waals surface area contributed by atoms with E-state index < -0.39 is 5.91 Å². The van der Waals surface area contributed by atoms with Crippen molar-refractivity contribution in [3.63, 3.8) is 0 Å². The highest BCUT2D eigenvalue weighted by atomic mass is 35.5. The second kappa shape index (κ2) is 7.64. The molecule has 1 saturated heterocycles. The maximum absolute atomic E-state index is 11.5. The lowest BCUT2D eigenvalue weighted by Gasteiger charge is -2.33. The Bertz CT molecular complexity index is 696. The summed E-state index contributed by atoms with van der Waals surface area (Å²) in [6, 6.07) is 9.98. The molecule has 5 nitrogen and oxygen atoms in total. The molecule has 0 unspecified atom stereocenters. The molecule has 3 rings (SSSR count). The summed E-state index contributed by atoms with van der Waals surface area (Å²) in [5.41, 5.74) is 7.90. The summed E-state index contributed by atoms with van der Waals surface area (Å²) in [4.78, 5) is 18.0. The number of primary amides is 1. The monoisotopic (exact) mass is 344 g/mol. The number of carbonyl (C=O) groups is 1. The normalized spacial score (nSPS) is 16.0. The number of rotatable bonds is 5. The molecule has 1 aromatic heterocycles. The van der Waals surface area contributed by atoms with E-state index in [0.717, 1.165) is 43.2 Å². The quantitative estimate of drug-likeness (QED) is 0.874. The lowest BCUT2D eigenvalue weighted by Crippen LogP contribution is -2.39. The summed E-state index contributed by atoms with van der Waals surface area (Å²) in [5.74, 6) is -0.430. The van der Waals surface area contributed by atoms with Crippen LogP contribution in [0.4, 0.5) is 5.69 Å². The van der Waals surface area contributed by atoms with Crippen LogP contribution in [0.1, 0.15) is 28.8 Å². The Morgan fingerprint density at radius 3 is 2.62 bits per heavy atom. The number of hydrogen-bond donors (Lipinski definition) is 2. The SMILES string of the molecule is NC(=O)c1ccncc1NC1CCN(Cc2ccc(Cl)cc2)CC1. The number of likely N-dealkylation sites (tertiary alicyclic amines) is 1. The molecule has 3 N–H and O–H groups in total. The van der Waals surface area contributed by atoms with Crippen LogP contribution in [0.15, 0.2) is 42.7 Å². The third-order valence-corrected chi connectivity index (χ3v) is 4.61. The Morgan fingerprint density at radius 2 is 1.96 bits per heavy atom. The number of amides is 1. The van der Waals surface area contributed by atoms with Gasteiger partial charge in [-0.1, -0.05) is 23.7 Å². The minimum atomic E-state index is -0.430. The molecule has 24 heavy (non-hydrogen) atoms. The number of aromatic nitrogens is 1. The van der Waals surface area contributed by atoms with Crippen LogP contribution in [0, 0.1) is 0 Å². The van der Waals surface area contributed by atoms with Gasteiger partial charge in [-0.3, -0.25) is 14.7 Å². The van der Waals surface area contributed by atoms with Gasteiger partial charge in [0.25, 0.3) is 5.91 Å². The van der Waals surface area contributed by atoms with Crippen molar-refractivity contribution in [3.8, 4) is 0 Å². The molecule has 1 aliphatic heterocycles. The van der Waals surface area contributed by atoms with E-state index in [1.807, 2.05) is 12.1 Å². The third-order valence-electron chi connectivity index (χ3n) is 4.35. The molecule has 1 amide bonds. The van der Waals surface area contributed by atoms with E-state index in [2.05, 4.69) is 27.3 Å². The molecule has 0 bridgehead atoms. The van der Waals surface area contributed by atoms with Crippen molar-refractivity contribution in [1.82, 2.24) is 9.88 Å². The van der Waals surface area contributed by atoms with Crippen LogP contribution in [0.5, 0.6) is 0 Å². The molecule has 2 heterocycles. The standard InChI is InChI=1S/C18H21ClN4O/c19-14-3-1-13(2-4-14)12-23-9-6-15(7-10-23)22-17-11-21-8-5-16(17)18(20)24/h1-5,8,11,15,22H,6-7,9-10,12H2,(H2,20,24). The average Bonchev–Trinajstić information content (AvgIpc) is 2.59. The Balaban J connectivity index is 1.54. The number of carbonyl (C=O) groups excluding carboxylic acids is 1. The van der Waals surface area contributed by atoms with Gasteiger partial charge < -0.3 is 11.1 Å². The van der Waals surface area contributed by atoms with Crippen molar-refractivity contribution in [2.75, 3.05) is 18.4 Å². The van der Waals surface area contributed by atoms with E-state index >= 15 is 0 Å². The van der Waals surface area contributed by atoms with Crippen LogP contribution in [0.25, 0.3) is 0 Å². The summed E-state index contributed by atoms with van der Waals surface area (Å²) < 4.78 is 0. The van der Waals surface area contributed by atoms with Gasteiger partial charge in [-0.2, -0.15) is 0 Å². The Kier molecular flexibility index (Phi) is 5.33. The van der Waals surface area contributed by atoms with Gasteiger partial charge >= 0.3 is 0 Å². The van der Waals surface area contributed by atoms with Gasteiger partial charge in [0.1, 0.15) is 0 Å². The number of benzene rings is 1. The van der Waals surface area contributed by atoms with Crippen molar-refractivity contribution in [1.29, 1.82) is 0 Å². The highest BCUT2D eigenvalue weighted by Crippen LogP contribution is 2.20. The van der Waals surface area contributed by atoms with Crippen LogP contribution in [-0.2, 0) is 6.54 Å². The van der Waals surface area contributed by atoms with E-state index in [4.69, 9.17) is 17.3 Å². The minimum Gasteiger partial charge on any atom is -0.380 e. The van der Waals surface area contributed by atoms with Gasteiger partial charge in [0.15, 0.2) is 0 Å². The van der Waals surface area contributed by atoms with Gasteiger partial charge in [-0.05, 0) is 36.6 Å². The lowest BCUT2D eigenvalue weighted by atomic mass is 10.0. The number of pyridine rings is 1. The molecular weight excluding hydrogens is 324 g/mol. The molecule has 126 valence electrons. The molecule has 0 aliphatic carbocycles. The van der Waals surface area contributed by atoms with Crippen LogP contribution in [0.2, 0.25) is 5.02 Å². The first-order chi connectivity index (χ1) is 11.6. The second-order valence-electron chi connectivity index (χ2n) is 6.11. The zero-order chi connectivity index (χ0) is 16.9. The Hall–Kier alpha value is -2.11. The van der Waals surface area contributed by atoms with E-state index in [1.54, 1.807) is 18.5 Å². The molecule has 0 spiro atoms. The zero-order valence-electron chi connectivity index (χ0n) is 13.4. The van der Waals surface area contributed by atoms with Gasteiger partial charge in [-0.15, -0.1) is 0 Å². The number of piperidine rings is 1. The molecule has 0 radical (unpaired) electrons. The van der Waals surface area contributed by atoms with E-state index in [0.29, 0.717) is 11.6 Å². The third kappa shape index (κ3) is 4.24. The van der Waals surface area contributed by atoms with Gasteiger partial charge in [0, 0.05) is 36.9 Å². The minimum absolute atomic E-state index is 0.328. The fourth-order valence-corrected chi connectivity index (χ4v) is 3.15. The van der Waals surface area contributed by atoms with Gasteiger partial charge in [0.2, 0.25) is 0 Å². The number of halogens is 1. The van der Waals surface area contributed by atoms with Gasteiger partial charge in [-0.25, -0.2) is 0 Å². The summed E-state index contributed by atoms with van der Waals surface area (Å²) in [7, 11) is 0. The Morgan fingerprint density at radius 1 is 1.25 bits per heavy atom. The van der Waals surface area contributed by atoms with E-state index in [9.17, 15) is 4.79 Å². The number of nitrogens with two attached hydrogens (primary N) is 1. The molecular formula is C18H21ClN4O. The number of hydrogen-bond acceptors (Lipinski definition) is 4. The maximum Gasteiger partial charge on any atom is 0.250 e.